The van der Waals surface area contributed by atoms with Crippen molar-refractivity contribution in [1.29, 1.82) is 0 Å². The van der Waals surface area contributed by atoms with E-state index in [0.29, 0.717) is 0 Å². The van der Waals surface area contributed by atoms with Crippen LogP contribution in [0.15, 0.2) is 12.3 Å². The number of carboxylic acid groups (broad SMARTS) is 1. The zero-order valence-corrected chi connectivity index (χ0v) is 10.1. The summed E-state index contributed by atoms with van der Waals surface area (Å²) in [7, 11) is 0. The molecule has 1 aromatic rings. The first-order chi connectivity index (χ1) is 8.45. The molecule has 0 aliphatic rings. The number of pyridine rings is 1. The Morgan fingerprint density at radius 1 is 1.67 bits per heavy atom. The van der Waals surface area contributed by atoms with E-state index in [-0.39, 0.29) is 23.2 Å². The van der Waals surface area contributed by atoms with Crippen molar-refractivity contribution in [3.8, 4) is 5.88 Å². The maximum Gasteiger partial charge on any atom is 0.341 e. The quantitative estimate of drug-likeness (QED) is 0.617. The van der Waals surface area contributed by atoms with Gasteiger partial charge in [0.05, 0.1) is 11.0 Å². The van der Waals surface area contributed by atoms with Gasteiger partial charge in [-0.15, -0.1) is 0 Å². The topological polar surface area (TPSA) is 103 Å². The lowest BCUT2D eigenvalue weighted by Gasteiger charge is -2.14. The molecule has 1 unspecified atom stereocenters. The summed E-state index contributed by atoms with van der Waals surface area (Å²) in [4.78, 5) is 24.5. The molecule has 1 heterocycles. The number of aromatic nitrogens is 1. The molecule has 98 valence electrons. The minimum atomic E-state index is -1.30. The fourth-order valence-electron chi connectivity index (χ4n) is 1.44. The minimum Gasteiger partial charge on any atom is -0.477 e. The minimum absolute atomic E-state index is 0.0888. The lowest BCUT2D eigenvalue weighted by Crippen LogP contribution is -2.15. The zero-order chi connectivity index (χ0) is 13.7. The fourth-order valence-corrected chi connectivity index (χ4v) is 1.44. The second kappa shape index (κ2) is 5.95. The fraction of sp³-hybridized carbons (Fsp3) is 0.455. The van der Waals surface area contributed by atoms with Crippen molar-refractivity contribution in [3.05, 3.63) is 27.9 Å². The van der Waals surface area contributed by atoms with Gasteiger partial charge < -0.3 is 9.84 Å². The summed E-state index contributed by atoms with van der Waals surface area (Å²) in [5.74, 6) is -1.39. The molecule has 0 bridgehead atoms. The van der Waals surface area contributed by atoms with Crippen LogP contribution in [0.1, 0.15) is 37.0 Å². The highest BCUT2D eigenvalue weighted by molar-refractivity contribution is 5.90. The van der Waals surface area contributed by atoms with Crippen LogP contribution >= 0.6 is 0 Å². The molecule has 0 aromatic carbocycles. The Labute approximate surface area is 104 Å². The average molecular weight is 254 g/mol. The largest absolute Gasteiger partial charge is 0.477 e. The van der Waals surface area contributed by atoms with E-state index in [1.165, 1.54) is 0 Å². The number of aromatic carboxylic acids is 1. The van der Waals surface area contributed by atoms with Gasteiger partial charge in [0.2, 0.25) is 5.88 Å². The number of rotatable bonds is 6. The highest BCUT2D eigenvalue weighted by Crippen LogP contribution is 2.22. The van der Waals surface area contributed by atoms with E-state index in [2.05, 4.69) is 4.98 Å². The van der Waals surface area contributed by atoms with Crippen LogP contribution in [-0.4, -0.2) is 27.1 Å². The molecular weight excluding hydrogens is 240 g/mol. The second-order valence-electron chi connectivity index (χ2n) is 3.83. The van der Waals surface area contributed by atoms with Gasteiger partial charge in [0, 0.05) is 6.07 Å². The molecule has 0 aliphatic heterocycles. The highest BCUT2D eigenvalue weighted by Gasteiger charge is 2.19. The van der Waals surface area contributed by atoms with Crippen molar-refractivity contribution in [2.24, 2.45) is 0 Å². The Morgan fingerprint density at radius 2 is 2.33 bits per heavy atom. The SMILES string of the molecule is CCCC(C)Oc1ncc([N+](=O)[O-])cc1C(=O)O. The first-order valence-corrected chi connectivity index (χ1v) is 5.50. The van der Waals surface area contributed by atoms with Gasteiger partial charge in [0.1, 0.15) is 11.8 Å². The normalized spacial score (nSPS) is 11.9. The van der Waals surface area contributed by atoms with Crippen LogP contribution in [0.25, 0.3) is 0 Å². The van der Waals surface area contributed by atoms with Gasteiger partial charge in [-0.3, -0.25) is 10.1 Å². The Balaban J connectivity index is 3.04. The van der Waals surface area contributed by atoms with E-state index in [0.717, 1.165) is 25.1 Å². The average Bonchev–Trinajstić information content (AvgIpc) is 2.29. The number of ether oxygens (including phenoxy) is 1. The Bertz CT molecular complexity index is 461. The number of hydrogen-bond acceptors (Lipinski definition) is 5. The second-order valence-corrected chi connectivity index (χ2v) is 3.83. The predicted octanol–water partition coefficient (Wildman–Crippen LogP) is 2.26. The molecule has 1 rings (SSSR count). The molecule has 0 saturated heterocycles. The van der Waals surface area contributed by atoms with Crippen LogP contribution in [-0.2, 0) is 0 Å². The predicted molar refractivity (Wildman–Crippen MR) is 62.8 cm³/mol. The smallest absolute Gasteiger partial charge is 0.341 e. The molecule has 0 amide bonds. The number of nitrogens with zero attached hydrogens (tertiary/aromatic N) is 2. The number of carboxylic acids is 1. The molecule has 7 nitrogen and oxygen atoms in total. The molecule has 1 atom stereocenters. The lowest BCUT2D eigenvalue weighted by atomic mass is 10.2. The third-order valence-corrected chi connectivity index (χ3v) is 2.29. The van der Waals surface area contributed by atoms with E-state index >= 15 is 0 Å². The monoisotopic (exact) mass is 254 g/mol. The van der Waals surface area contributed by atoms with Crippen molar-refractivity contribution in [2.45, 2.75) is 32.8 Å². The summed E-state index contributed by atoms with van der Waals surface area (Å²) in [6.07, 6.45) is 2.43. The molecule has 18 heavy (non-hydrogen) atoms. The van der Waals surface area contributed by atoms with Gasteiger partial charge >= 0.3 is 5.97 Å². The van der Waals surface area contributed by atoms with E-state index in [4.69, 9.17) is 9.84 Å². The molecule has 7 heteroatoms. The van der Waals surface area contributed by atoms with Gasteiger partial charge in [0.25, 0.3) is 5.69 Å². The summed E-state index contributed by atoms with van der Waals surface area (Å²) >= 11 is 0. The summed E-state index contributed by atoms with van der Waals surface area (Å²) in [5, 5.41) is 19.5. The van der Waals surface area contributed by atoms with E-state index < -0.39 is 10.9 Å². The van der Waals surface area contributed by atoms with Crippen molar-refractivity contribution >= 4 is 11.7 Å². The van der Waals surface area contributed by atoms with Crippen molar-refractivity contribution in [3.63, 3.8) is 0 Å². The summed E-state index contributed by atoms with van der Waals surface area (Å²) in [6.45, 7) is 3.76. The molecular formula is C11H14N2O5. The van der Waals surface area contributed by atoms with Crippen LogP contribution in [0.5, 0.6) is 5.88 Å². The van der Waals surface area contributed by atoms with Gasteiger partial charge in [-0.05, 0) is 13.3 Å². The standard InChI is InChI=1S/C11H14N2O5/c1-3-4-7(2)18-10-9(11(14)15)5-8(6-12-10)13(16)17/h5-7H,3-4H2,1-2H3,(H,14,15). The maximum atomic E-state index is 11.0. The molecule has 1 aromatic heterocycles. The highest BCUT2D eigenvalue weighted by atomic mass is 16.6. The first kappa shape index (κ1) is 13.9. The molecule has 0 radical (unpaired) electrons. The maximum absolute atomic E-state index is 11.0. The Hall–Kier alpha value is -2.18. The van der Waals surface area contributed by atoms with Crippen LogP contribution in [0, 0.1) is 10.1 Å². The van der Waals surface area contributed by atoms with Gasteiger partial charge in [0.15, 0.2) is 0 Å². The molecule has 1 N–H and O–H groups in total. The van der Waals surface area contributed by atoms with Gasteiger partial charge in [-0.2, -0.15) is 0 Å². The number of nitro groups is 1. The Morgan fingerprint density at radius 3 is 2.83 bits per heavy atom. The van der Waals surface area contributed by atoms with Crippen LogP contribution < -0.4 is 4.74 Å². The number of hydrogen-bond donors (Lipinski definition) is 1. The van der Waals surface area contributed by atoms with E-state index in [1.54, 1.807) is 6.92 Å². The lowest BCUT2D eigenvalue weighted by molar-refractivity contribution is -0.385. The molecule has 0 spiro atoms. The van der Waals surface area contributed by atoms with E-state index in [1.807, 2.05) is 6.92 Å². The van der Waals surface area contributed by atoms with Crippen molar-refractivity contribution < 1.29 is 19.6 Å². The third kappa shape index (κ3) is 3.41. The van der Waals surface area contributed by atoms with Crippen LogP contribution in [0.2, 0.25) is 0 Å². The van der Waals surface area contributed by atoms with Crippen LogP contribution in [0.3, 0.4) is 0 Å². The van der Waals surface area contributed by atoms with E-state index in [9.17, 15) is 14.9 Å². The molecule has 0 fully saturated rings. The van der Waals surface area contributed by atoms with Gasteiger partial charge in [-0.25, -0.2) is 9.78 Å². The first-order valence-electron chi connectivity index (χ1n) is 5.50. The third-order valence-electron chi connectivity index (χ3n) is 2.29. The summed E-state index contributed by atoms with van der Waals surface area (Å²) in [5.41, 5.74) is -0.671. The van der Waals surface area contributed by atoms with Gasteiger partial charge in [-0.1, -0.05) is 13.3 Å². The number of carbonyl (C=O) groups is 1. The summed E-state index contributed by atoms with van der Waals surface area (Å²) < 4.78 is 5.37. The summed E-state index contributed by atoms with van der Waals surface area (Å²) in [6, 6.07) is 0.948. The van der Waals surface area contributed by atoms with Crippen molar-refractivity contribution in [1.82, 2.24) is 4.98 Å². The van der Waals surface area contributed by atoms with Crippen molar-refractivity contribution in [2.75, 3.05) is 0 Å². The Kier molecular flexibility index (Phi) is 4.59. The zero-order valence-electron chi connectivity index (χ0n) is 10.1. The molecule has 0 aliphatic carbocycles. The molecule has 0 saturated carbocycles. The van der Waals surface area contributed by atoms with Crippen LogP contribution in [0.4, 0.5) is 5.69 Å².